The van der Waals surface area contributed by atoms with Gasteiger partial charge in [-0.1, -0.05) is 34.1 Å². The van der Waals surface area contributed by atoms with Crippen molar-refractivity contribution in [3.05, 3.63) is 98.9 Å². The van der Waals surface area contributed by atoms with E-state index < -0.39 is 10.0 Å². The predicted molar refractivity (Wildman–Crippen MR) is 133 cm³/mol. The van der Waals surface area contributed by atoms with Crippen LogP contribution in [0.5, 0.6) is 0 Å². The Morgan fingerprint density at radius 2 is 1.76 bits per heavy atom. The van der Waals surface area contributed by atoms with E-state index >= 15 is 0 Å². The second-order valence-corrected chi connectivity index (χ2v) is 11.3. The van der Waals surface area contributed by atoms with Gasteiger partial charge in [0, 0.05) is 22.4 Å². The lowest BCUT2D eigenvalue weighted by atomic mass is 10.2. The minimum Gasteiger partial charge on any atom is -0.332 e. The molecule has 1 aromatic heterocycles. The molecule has 0 unspecified atom stereocenters. The van der Waals surface area contributed by atoms with Crippen molar-refractivity contribution in [1.82, 2.24) is 9.21 Å². The first kappa shape index (κ1) is 25.3. The van der Waals surface area contributed by atoms with Gasteiger partial charge >= 0.3 is 0 Å². The smallest absolute Gasteiger partial charge is 0.243 e. The summed E-state index contributed by atoms with van der Waals surface area (Å²) in [5.74, 6) is -0.710. The summed E-state index contributed by atoms with van der Waals surface area (Å²) < 4.78 is 41.6. The van der Waals surface area contributed by atoms with Gasteiger partial charge in [-0.3, -0.25) is 4.79 Å². The van der Waals surface area contributed by atoms with Crippen LogP contribution in [0.1, 0.15) is 16.0 Å². The van der Waals surface area contributed by atoms with Crippen molar-refractivity contribution in [2.75, 3.05) is 13.1 Å². The van der Waals surface area contributed by atoms with E-state index in [-0.39, 0.29) is 36.3 Å². The molecule has 1 heterocycles. The molecule has 9 heteroatoms. The van der Waals surface area contributed by atoms with Gasteiger partial charge in [0.1, 0.15) is 5.82 Å². The molecule has 0 fully saturated rings. The van der Waals surface area contributed by atoms with Crippen LogP contribution in [0.2, 0.25) is 0 Å². The molecule has 0 aliphatic rings. The molecule has 0 aliphatic heterocycles. The summed E-state index contributed by atoms with van der Waals surface area (Å²) in [6, 6.07) is 14.2. The molecular formula is C24H24BrFN2O3S2. The maximum absolute atomic E-state index is 13.4. The van der Waals surface area contributed by atoms with Gasteiger partial charge in [0.15, 0.2) is 0 Å². The van der Waals surface area contributed by atoms with Crippen LogP contribution in [-0.4, -0.2) is 36.6 Å². The standard InChI is InChI=1S/C24H24BrFN2O3S2/c1-3-13-28(33(30,31)22-10-6-20(25)7-11-22)17-24(29)27(16-23-18(2)12-14-32-23)15-19-4-8-21(26)9-5-19/h3-12,14H,1,13,15-17H2,2H3. The molecule has 0 spiro atoms. The average Bonchev–Trinajstić information content (AvgIpc) is 3.19. The van der Waals surface area contributed by atoms with Crippen LogP contribution in [-0.2, 0) is 27.9 Å². The molecule has 1 amide bonds. The number of benzene rings is 2. The molecule has 0 radical (unpaired) electrons. The number of halogens is 2. The molecule has 0 saturated carbocycles. The molecule has 5 nitrogen and oxygen atoms in total. The van der Waals surface area contributed by atoms with Crippen LogP contribution in [0.25, 0.3) is 0 Å². The van der Waals surface area contributed by atoms with Crippen molar-refractivity contribution in [2.45, 2.75) is 24.9 Å². The van der Waals surface area contributed by atoms with E-state index in [1.54, 1.807) is 29.2 Å². The van der Waals surface area contributed by atoms with Crippen LogP contribution >= 0.6 is 27.3 Å². The zero-order valence-corrected chi connectivity index (χ0v) is 21.3. The highest BCUT2D eigenvalue weighted by Gasteiger charge is 2.28. The van der Waals surface area contributed by atoms with Crippen molar-refractivity contribution in [1.29, 1.82) is 0 Å². The summed E-state index contributed by atoms with van der Waals surface area (Å²) in [6.07, 6.45) is 1.46. The minimum atomic E-state index is -3.91. The third-order valence-corrected chi connectivity index (χ3v) is 8.40. The summed E-state index contributed by atoms with van der Waals surface area (Å²) in [5, 5.41) is 1.95. The van der Waals surface area contributed by atoms with Gasteiger partial charge in [-0.05, 0) is 65.9 Å². The monoisotopic (exact) mass is 550 g/mol. The van der Waals surface area contributed by atoms with Crippen molar-refractivity contribution in [3.8, 4) is 0 Å². The molecule has 0 N–H and O–H groups in total. The summed E-state index contributed by atoms with van der Waals surface area (Å²) in [7, 11) is -3.91. The first-order valence-electron chi connectivity index (χ1n) is 10.1. The zero-order chi connectivity index (χ0) is 24.0. The van der Waals surface area contributed by atoms with Crippen LogP contribution in [0.15, 0.2) is 82.0 Å². The molecule has 33 heavy (non-hydrogen) atoms. The lowest BCUT2D eigenvalue weighted by molar-refractivity contribution is -0.132. The topological polar surface area (TPSA) is 57.7 Å². The molecular weight excluding hydrogens is 527 g/mol. The molecule has 3 rings (SSSR count). The largest absolute Gasteiger partial charge is 0.332 e. The fourth-order valence-electron chi connectivity index (χ4n) is 3.18. The maximum Gasteiger partial charge on any atom is 0.243 e. The van der Waals surface area contributed by atoms with E-state index in [0.29, 0.717) is 6.54 Å². The van der Waals surface area contributed by atoms with Gasteiger partial charge in [-0.25, -0.2) is 12.8 Å². The molecule has 0 aliphatic carbocycles. The Morgan fingerprint density at radius 1 is 1.09 bits per heavy atom. The summed E-state index contributed by atoms with van der Waals surface area (Å²) in [6.45, 7) is 5.84. The SMILES string of the molecule is C=CCN(CC(=O)N(Cc1ccc(F)cc1)Cc1sccc1C)S(=O)(=O)c1ccc(Br)cc1. The Labute approximate surface area is 206 Å². The predicted octanol–water partition coefficient (Wildman–Crippen LogP) is 5.36. The third kappa shape index (κ3) is 6.60. The van der Waals surface area contributed by atoms with Gasteiger partial charge in [0.2, 0.25) is 15.9 Å². The highest BCUT2D eigenvalue weighted by Crippen LogP contribution is 2.22. The Morgan fingerprint density at radius 3 is 2.33 bits per heavy atom. The van der Waals surface area contributed by atoms with Crippen molar-refractivity contribution >= 4 is 43.2 Å². The second kappa shape index (κ2) is 11.2. The Kier molecular flexibility index (Phi) is 8.58. The first-order chi connectivity index (χ1) is 15.7. The number of hydrogen-bond donors (Lipinski definition) is 0. The van der Waals surface area contributed by atoms with E-state index in [1.165, 1.54) is 41.7 Å². The molecule has 0 atom stereocenters. The number of carbonyl (C=O) groups is 1. The maximum atomic E-state index is 13.4. The van der Waals surface area contributed by atoms with Crippen LogP contribution in [0.3, 0.4) is 0 Å². The normalized spacial score (nSPS) is 11.5. The number of sulfonamides is 1. The van der Waals surface area contributed by atoms with Crippen LogP contribution < -0.4 is 0 Å². The summed E-state index contributed by atoms with van der Waals surface area (Å²) in [4.78, 5) is 16.1. The number of thiophene rings is 1. The van der Waals surface area contributed by atoms with Crippen LogP contribution in [0.4, 0.5) is 4.39 Å². The molecule has 2 aromatic carbocycles. The van der Waals surface area contributed by atoms with Crippen molar-refractivity contribution in [3.63, 3.8) is 0 Å². The molecule has 174 valence electrons. The number of carbonyl (C=O) groups excluding carboxylic acids is 1. The lowest BCUT2D eigenvalue weighted by Gasteiger charge is -2.27. The van der Waals surface area contributed by atoms with E-state index in [1.807, 2.05) is 18.4 Å². The van der Waals surface area contributed by atoms with E-state index in [2.05, 4.69) is 22.5 Å². The fourth-order valence-corrected chi connectivity index (χ4v) is 5.73. The first-order valence-corrected chi connectivity index (χ1v) is 13.2. The van der Waals surface area contributed by atoms with E-state index in [0.717, 1.165) is 24.8 Å². The Bertz CT molecular complexity index is 1210. The number of amides is 1. The van der Waals surface area contributed by atoms with Gasteiger partial charge in [-0.15, -0.1) is 17.9 Å². The quantitative estimate of drug-likeness (QED) is 0.319. The van der Waals surface area contributed by atoms with Gasteiger partial charge in [0.25, 0.3) is 0 Å². The van der Waals surface area contributed by atoms with Crippen molar-refractivity contribution < 1.29 is 17.6 Å². The Hall–Kier alpha value is -2.33. The van der Waals surface area contributed by atoms with E-state index in [4.69, 9.17) is 0 Å². The molecule has 3 aromatic rings. The van der Waals surface area contributed by atoms with Gasteiger partial charge < -0.3 is 4.90 Å². The van der Waals surface area contributed by atoms with Crippen LogP contribution in [0, 0.1) is 12.7 Å². The highest BCUT2D eigenvalue weighted by molar-refractivity contribution is 9.10. The fraction of sp³-hybridized carbons (Fsp3) is 0.208. The number of nitrogens with zero attached hydrogens (tertiary/aromatic N) is 2. The number of hydrogen-bond acceptors (Lipinski definition) is 4. The third-order valence-electron chi connectivity index (χ3n) is 5.04. The molecule has 0 bridgehead atoms. The highest BCUT2D eigenvalue weighted by atomic mass is 79.9. The van der Waals surface area contributed by atoms with Gasteiger partial charge in [0.05, 0.1) is 18.0 Å². The Balaban J connectivity index is 1.87. The lowest BCUT2D eigenvalue weighted by Crippen LogP contribution is -2.42. The summed E-state index contributed by atoms with van der Waals surface area (Å²) in [5.41, 5.74) is 1.81. The summed E-state index contributed by atoms with van der Waals surface area (Å²) >= 11 is 4.84. The van der Waals surface area contributed by atoms with E-state index in [9.17, 15) is 17.6 Å². The second-order valence-electron chi connectivity index (χ2n) is 7.44. The molecule has 0 saturated heterocycles. The zero-order valence-electron chi connectivity index (χ0n) is 18.1. The van der Waals surface area contributed by atoms with Gasteiger partial charge in [-0.2, -0.15) is 4.31 Å². The number of rotatable bonds is 10. The minimum absolute atomic E-state index is 0.00739. The number of aryl methyl sites for hydroxylation is 1. The van der Waals surface area contributed by atoms with Crippen molar-refractivity contribution in [2.24, 2.45) is 0 Å². The average molecular weight is 552 g/mol.